The second-order valence-corrected chi connectivity index (χ2v) is 4.57. The van der Waals surface area contributed by atoms with Gasteiger partial charge in [-0.2, -0.15) is 0 Å². The Labute approximate surface area is 97.1 Å². The number of rotatable bonds is 9. The third kappa shape index (κ3) is 7.77. The average molecular weight is 266 g/mol. The van der Waals surface area contributed by atoms with Crippen LogP contribution in [0.1, 0.15) is 26.2 Å². The first kappa shape index (κ1) is 14.4. The molecule has 0 fully saturated rings. The Morgan fingerprint density at radius 3 is 2.64 bits per heavy atom. The predicted molar refractivity (Wildman–Crippen MR) is 66.2 cm³/mol. The summed E-state index contributed by atoms with van der Waals surface area (Å²) in [5.41, 5.74) is 0. The van der Waals surface area contributed by atoms with Crippen LogP contribution in [0.5, 0.6) is 0 Å². The molecule has 1 unspecified atom stereocenters. The normalized spacial score (nSPS) is 13.5. The number of ether oxygens (including phenoxy) is 1. The summed E-state index contributed by atoms with van der Waals surface area (Å²) in [6.07, 6.45) is 3.73. The molecule has 0 saturated carbocycles. The Kier molecular flexibility index (Phi) is 10.2. The molecular formula is C11H24BrNO. The largest absolute Gasteiger partial charge is 0.385 e. The van der Waals surface area contributed by atoms with Crippen molar-refractivity contribution < 1.29 is 4.74 Å². The van der Waals surface area contributed by atoms with Crippen molar-refractivity contribution in [3.63, 3.8) is 0 Å². The molecule has 0 spiro atoms. The summed E-state index contributed by atoms with van der Waals surface area (Å²) in [5.74, 6) is 0.799. The topological polar surface area (TPSA) is 12.5 Å². The Hall–Kier alpha value is 0.400. The molecule has 0 rings (SSSR count). The summed E-state index contributed by atoms with van der Waals surface area (Å²) in [5, 5.41) is 1.12. The van der Waals surface area contributed by atoms with Crippen molar-refractivity contribution in [2.75, 3.05) is 39.2 Å². The van der Waals surface area contributed by atoms with E-state index in [1.54, 1.807) is 7.11 Å². The lowest BCUT2D eigenvalue weighted by Gasteiger charge is -2.22. The van der Waals surface area contributed by atoms with Crippen molar-refractivity contribution in [3.05, 3.63) is 0 Å². The molecule has 14 heavy (non-hydrogen) atoms. The molecule has 1 atom stereocenters. The number of nitrogens with zero attached hydrogens (tertiary/aromatic N) is 1. The van der Waals surface area contributed by atoms with Gasteiger partial charge in [0.15, 0.2) is 0 Å². The van der Waals surface area contributed by atoms with Crippen LogP contribution < -0.4 is 0 Å². The molecule has 0 aromatic rings. The fourth-order valence-electron chi connectivity index (χ4n) is 1.64. The van der Waals surface area contributed by atoms with Gasteiger partial charge in [-0.05, 0) is 25.8 Å². The second kappa shape index (κ2) is 9.94. The van der Waals surface area contributed by atoms with E-state index in [-0.39, 0.29) is 0 Å². The van der Waals surface area contributed by atoms with Gasteiger partial charge in [-0.25, -0.2) is 0 Å². The van der Waals surface area contributed by atoms with E-state index in [2.05, 4.69) is 34.8 Å². The Morgan fingerprint density at radius 1 is 1.43 bits per heavy atom. The highest BCUT2D eigenvalue weighted by Crippen LogP contribution is 2.11. The van der Waals surface area contributed by atoms with Crippen molar-refractivity contribution in [3.8, 4) is 0 Å². The first-order valence-corrected chi connectivity index (χ1v) is 6.60. The summed E-state index contributed by atoms with van der Waals surface area (Å²) < 4.78 is 5.04. The molecule has 0 saturated heterocycles. The van der Waals surface area contributed by atoms with E-state index in [0.29, 0.717) is 0 Å². The molecule has 0 aromatic heterocycles. The molecule has 0 radical (unpaired) electrons. The Bertz CT molecular complexity index is 122. The zero-order valence-electron chi connectivity index (χ0n) is 9.76. The maximum Gasteiger partial charge on any atom is 0.0474 e. The molecule has 0 heterocycles. The third-order valence-corrected chi connectivity index (χ3v) is 3.29. The van der Waals surface area contributed by atoms with Crippen LogP contribution in [0.2, 0.25) is 0 Å². The molecule has 0 bridgehead atoms. The molecule has 0 aliphatic heterocycles. The number of alkyl halides is 1. The highest BCUT2D eigenvalue weighted by molar-refractivity contribution is 9.09. The van der Waals surface area contributed by atoms with Gasteiger partial charge in [-0.15, -0.1) is 0 Å². The minimum Gasteiger partial charge on any atom is -0.385 e. The summed E-state index contributed by atoms with van der Waals surface area (Å²) in [6.45, 7) is 5.46. The van der Waals surface area contributed by atoms with Gasteiger partial charge >= 0.3 is 0 Å². The van der Waals surface area contributed by atoms with Crippen molar-refractivity contribution in [1.82, 2.24) is 4.90 Å². The standard InChI is InChI=1S/C11H24BrNO/c1-4-6-11(9-12)10-13(2)7-5-8-14-3/h11H,4-10H2,1-3H3. The summed E-state index contributed by atoms with van der Waals surface area (Å²) in [6, 6.07) is 0. The number of halogens is 1. The van der Waals surface area contributed by atoms with Crippen LogP contribution in [-0.4, -0.2) is 44.1 Å². The highest BCUT2D eigenvalue weighted by Gasteiger charge is 2.08. The minimum atomic E-state index is 0.799. The summed E-state index contributed by atoms with van der Waals surface area (Å²) in [4.78, 5) is 2.40. The van der Waals surface area contributed by atoms with Crippen LogP contribution in [0.3, 0.4) is 0 Å². The maximum absolute atomic E-state index is 5.04. The molecule has 0 N–H and O–H groups in total. The minimum absolute atomic E-state index is 0.799. The fourth-order valence-corrected chi connectivity index (χ4v) is 2.16. The monoisotopic (exact) mass is 265 g/mol. The van der Waals surface area contributed by atoms with E-state index in [1.807, 2.05) is 0 Å². The van der Waals surface area contributed by atoms with Crippen LogP contribution in [0.15, 0.2) is 0 Å². The maximum atomic E-state index is 5.04. The molecule has 0 aliphatic rings. The van der Waals surface area contributed by atoms with Gasteiger partial charge in [0, 0.05) is 32.1 Å². The van der Waals surface area contributed by atoms with Crippen molar-refractivity contribution in [2.45, 2.75) is 26.2 Å². The smallest absolute Gasteiger partial charge is 0.0474 e. The van der Waals surface area contributed by atoms with Crippen LogP contribution in [-0.2, 0) is 4.74 Å². The second-order valence-electron chi connectivity index (χ2n) is 3.92. The molecule has 0 aromatic carbocycles. The molecule has 2 nitrogen and oxygen atoms in total. The van der Waals surface area contributed by atoms with Gasteiger partial charge in [-0.3, -0.25) is 0 Å². The van der Waals surface area contributed by atoms with Crippen LogP contribution in [0, 0.1) is 5.92 Å². The lowest BCUT2D eigenvalue weighted by atomic mass is 10.1. The highest BCUT2D eigenvalue weighted by atomic mass is 79.9. The SMILES string of the molecule is CCCC(CBr)CN(C)CCCOC. The van der Waals surface area contributed by atoms with E-state index in [1.165, 1.54) is 19.4 Å². The van der Waals surface area contributed by atoms with Gasteiger partial charge in [0.05, 0.1) is 0 Å². The summed E-state index contributed by atoms with van der Waals surface area (Å²) >= 11 is 3.58. The van der Waals surface area contributed by atoms with E-state index >= 15 is 0 Å². The van der Waals surface area contributed by atoms with Gasteiger partial charge in [0.1, 0.15) is 0 Å². The number of methoxy groups -OCH3 is 1. The van der Waals surface area contributed by atoms with Crippen LogP contribution in [0.25, 0.3) is 0 Å². The van der Waals surface area contributed by atoms with Crippen LogP contribution in [0.4, 0.5) is 0 Å². The number of hydrogen-bond donors (Lipinski definition) is 0. The lowest BCUT2D eigenvalue weighted by molar-refractivity contribution is 0.174. The van der Waals surface area contributed by atoms with Crippen molar-refractivity contribution >= 4 is 15.9 Å². The van der Waals surface area contributed by atoms with Gasteiger partial charge in [0.25, 0.3) is 0 Å². The molecule has 3 heteroatoms. The van der Waals surface area contributed by atoms with Gasteiger partial charge in [-0.1, -0.05) is 29.3 Å². The molecular weight excluding hydrogens is 242 g/mol. The van der Waals surface area contributed by atoms with E-state index in [9.17, 15) is 0 Å². The van der Waals surface area contributed by atoms with Gasteiger partial charge < -0.3 is 9.64 Å². The van der Waals surface area contributed by atoms with E-state index in [0.717, 1.165) is 30.8 Å². The quantitative estimate of drug-likeness (QED) is 0.470. The molecule has 0 amide bonds. The zero-order valence-corrected chi connectivity index (χ0v) is 11.3. The first-order chi connectivity index (χ1) is 6.74. The zero-order chi connectivity index (χ0) is 10.8. The molecule has 86 valence electrons. The van der Waals surface area contributed by atoms with E-state index in [4.69, 9.17) is 4.74 Å². The Morgan fingerprint density at radius 2 is 2.14 bits per heavy atom. The van der Waals surface area contributed by atoms with Crippen molar-refractivity contribution in [1.29, 1.82) is 0 Å². The number of hydrogen-bond acceptors (Lipinski definition) is 2. The fraction of sp³-hybridized carbons (Fsp3) is 1.00. The average Bonchev–Trinajstić information content (AvgIpc) is 2.17. The predicted octanol–water partition coefficient (Wildman–Crippen LogP) is 2.77. The lowest BCUT2D eigenvalue weighted by Crippen LogP contribution is -2.28. The van der Waals surface area contributed by atoms with Crippen molar-refractivity contribution in [2.24, 2.45) is 5.92 Å². The Balaban J connectivity index is 3.51. The first-order valence-electron chi connectivity index (χ1n) is 5.48. The van der Waals surface area contributed by atoms with Crippen LogP contribution >= 0.6 is 15.9 Å². The molecule has 0 aliphatic carbocycles. The third-order valence-electron chi connectivity index (χ3n) is 2.37. The summed E-state index contributed by atoms with van der Waals surface area (Å²) in [7, 11) is 3.96. The van der Waals surface area contributed by atoms with E-state index < -0.39 is 0 Å². The van der Waals surface area contributed by atoms with Gasteiger partial charge in [0.2, 0.25) is 0 Å².